The molecule has 0 atom stereocenters. The average molecular weight is 478 g/mol. The molecule has 1 nitrogen and oxygen atoms in total. The van der Waals surface area contributed by atoms with Gasteiger partial charge in [0.2, 0.25) is 0 Å². The molecule has 26 heavy (non-hydrogen) atoms. The lowest BCUT2D eigenvalue weighted by Crippen LogP contribution is -1.93. The number of halogens is 1. The second-order valence-electron chi connectivity index (χ2n) is 6.39. The van der Waals surface area contributed by atoms with Gasteiger partial charge in [0.1, 0.15) is 0 Å². The van der Waals surface area contributed by atoms with Gasteiger partial charge in [-0.25, -0.2) is 0 Å². The van der Waals surface area contributed by atoms with Gasteiger partial charge in [-0.3, -0.25) is 4.79 Å². The topological polar surface area (TPSA) is 17.1 Å². The lowest BCUT2D eigenvalue weighted by atomic mass is 10.1. The summed E-state index contributed by atoms with van der Waals surface area (Å²) in [6.07, 6.45) is 11.6. The van der Waals surface area contributed by atoms with Gasteiger partial charge in [0.15, 0.2) is 5.78 Å². The highest BCUT2D eigenvalue weighted by Crippen LogP contribution is 2.22. The Morgan fingerprint density at radius 3 is 2.50 bits per heavy atom. The van der Waals surface area contributed by atoms with E-state index in [-0.39, 0.29) is 5.78 Å². The van der Waals surface area contributed by atoms with Crippen molar-refractivity contribution in [2.24, 2.45) is 0 Å². The van der Waals surface area contributed by atoms with E-state index in [2.05, 4.69) is 47.7 Å². The summed E-state index contributed by atoms with van der Waals surface area (Å²) < 4.78 is 1.14. The van der Waals surface area contributed by atoms with Crippen molar-refractivity contribution in [3.8, 4) is 0 Å². The van der Waals surface area contributed by atoms with E-state index < -0.39 is 0 Å². The van der Waals surface area contributed by atoms with Crippen LogP contribution in [0.5, 0.6) is 0 Å². The zero-order valence-electron chi connectivity index (χ0n) is 15.4. The molecule has 138 valence electrons. The van der Waals surface area contributed by atoms with Crippen molar-refractivity contribution < 1.29 is 4.79 Å². The predicted molar refractivity (Wildman–Crippen MR) is 123 cm³/mol. The summed E-state index contributed by atoms with van der Waals surface area (Å²) in [5, 5.41) is 0. The van der Waals surface area contributed by atoms with Gasteiger partial charge < -0.3 is 0 Å². The highest BCUT2D eigenvalue weighted by molar-refractivity contribution is 14.1. The molecule has 0 fully saturated rings. The van der Waals surface area contributed by atoms with Gasteiger partial charge in [-0.2, -0.15) is 0 Å². The van der Waals surface area contributed by atoms with E-state index in [0.717, 1.165) is 14.7 Å². The van der Waals surface area contributed by atoms with Gasteiger partial charge in [0.25, 0.3) is 0 Å². The van der Waals surface area contributed by atoms with Crippen molar-refractivity contribution >= 4 is 46.2 Å². The summed E-state index contributed by atoms with van der Waals surface area (Å²) in [4.78, 5) is 13.5. The van der Waals surface area contributed by atoms with Crippen LogP contribution in [0, 0.1) is 3.57 Å². The lowest BCUT2D eigenvalue weighted by molar-refractivity contribution is 0.104. The maximum Gasteiger partial charge on any atom is 0.185 e. The van der Waals surface area contributed by atoms with Gasteiger partial charge in [-0.15, -0.1) is 11.8 Å². The fourth-order valence-corrected chi connectivity index (χ4v) is 4.00. The molecule has 0 aliphatic carbocycles. The molecular formula is C23H27IOS. The van der Waals surface area contributed by atoms with Crippen LogP contribution in [0.2, 0.25) is 0 Å². The number of allylic oxidation sites excluding steroid dienone is 1. The van der Waals surface area contributed by atoms with Gasteiger partial charge in [0, 0.05) is 14.0 Å². The minimum absolute atomic E-state index is 0.0477. The molecule has 0 heterocycles. The molecule has 2 aromatic rings. The molecule has 2 rings (SSSR count). The second kappa shape index (κ2) is 12.3. The molecule has 0 saturated heterocycles. The average Bonchev–Trinajstić information content (AvgIpc) is 2.66. The molecule has 0 unspecified atom stereocenters. The Hall–Kier alpha value is -1.07. The zero-order chi connectivity index (χ0) is 18.6. The van der Waals surface area contributed by atoms with Crippen molar-refractivity contribution in [1.82, 2.24) is 0 Å². The number of carbonyl (C=O) groups is 1. The third kappa shape index (κ3) is 8.09. The molecular weight excluding hydrogens is 451 g/mol. The number of hydrogen-bond acceptors (Lipinski definition) is 2. The van der Waals surface area contributed by atoms with Gasteiger partial charge in [-0.05, 0) is 70.7 Å². The summed E-state index contributed by atoms with van der Waals surface area (Å²) in [6, 6.07) is 16.1. The van der Waals surface area contributed by atoms with Crippen molar-refractivity contribution in [3.05, 3.63) is 69.3 Å². The normalized spacial score (nSPS) is 11.2. The second-order valence-corrected chi connectivity index (χ2v) is 8.81. The molecule has 0 amide bonds. The standard InChI is InChI=1S/C23H27IOS/c1-2-3-4-5-6-7-17-26-22-10-8-9-19(18-22)11-16-23(25)20-12-14-21(24)15-13-20/h8-16,18H,2-7,17H2,1H3. The fraction of sp³-hybridized carbons (Fsp3) is 0.348. The Morgan fingerprint density at radius 1 is 1.00 bits per heavy atom. The first-order valence-electron chi connectivity index (χ1n) is 9.40. The van der Waals surface area contributed by atoms with Gasteiger partial charge in [0.05, 0.1) is 0 Å². The molecule has 0 spiro atoms. The molecule has 0 aliphatic heterocycles. The van der Waals surface area contributed by atoms with Crippen molar-refractivity contribution in [2.75, 3.05) is 5.75 Å². The van der Waals surface area contributed by atoms with Crippen molar-refractivity contribution in [2.45, 2.75) is 50.3 Å². The van der Waals surface area contributed by atoms with Crippen LogP contribution in [0.1, 0.15) is 61.4 Å². The van der Waals surface area contributed by atoms with Crippen molar-refractivity contribution in [3.63, 3.8) is 0 Å². The number of thioether (sulfide) groups is 1. The van der Waals surface area contributed by atoms with E-state index in [1.54, 1.807) is 6.08 Å². The molecule has 0 aromatic heterocycles. The minimum atomic E-state index is 0.0477. The van der Waals surface area contributed by atoms with Crippen LogP contribution in [-0.2, 0) is 0 Å². The third-order valence-electron chi connectivity index (χ3n) is 4.18. The molecule has 0 saturated carbocycles. The first-order chi connectivity index (χ1) is 12.7. The Kier molecular flexibility index (Phi) is 10.1. The van der Waals surface area contributed by atoms with Crippen LogP contribution in [0.4, 0.5) is 0 Å². The monoisotopic (exact) mass is 478 g/mol. The highest BCUT2D eigenvalue weighted by atomic mass is 127. The minimum Gasteiger partial charge on any atom is -0.289 e. The summed E-state index contributed by atoms with van der Waals surface area (Å²) in [6.45, 7) is 2.26. The largest absolute Gasteiger partial charge is 0.289 e. The summed E-state index contributed by atoms with van der Waals surface area (Å²) >= 11 is 4.16. The number of rotatable bonds is 11. The smallest absolute Gasteiger partial charge is 0.185 e. The van der Waals surface area contributed by atoms with E-state index in [9.17, 15) is 4.79 Å². The highest BCUT2D eigenvalue weighted by Gasteiger charge is 2.01. The zero-order valence-corrected chi connectivity index (χ0v) is 18.4. The molecule has 2 aromatic carbocycles. The number of hydrogen-bond donors (Lipinski definition) is 0. The molecule has 0 bridgehead atoms. The maximum atomic E-state index is 12.2. The molecule has 0 aliphatic rings. The van der Waals surface area contributed by atoms with Crippen LogP contribution < -0.4 is 0 Å². The number of ketones is 1. The van der Waals surface area contributed by atoms with Crippen LogP contribution >= 0.6 is 34.4 Å². The molecule has 0 radical (unpaired) electrons. The molecule has 0 N–H and O–H groups in total. The summed E-state index contributed by atoms with van der Waals surface area (Å²) in [5.41, 5.74) is 1.81. The Morgan fingerprint density at radius 2 is 1.73 bits per heavy atom. The summed E-state index contributed by atoms with van der Waals surface area (Å²) in [7, 11) is 0. The van der Waals surface area contributed by atoms with Crippen LogP contribution in [-0.4, -0.2) is 11.5 Å². The van der Waals surface area contributed by atoms with Crippen LogP contribution in [0.25, 0.3) is 6.08 Å². The fourth-order valence-electron chi connectivity index (χ4n) is 2.66. The quantitative estimate of drug-likeness (QED) is 0.109. The Bertz CT molecular complexity index is 706. The van der Waals surface area contributed by atoms with E-state index in [1.165, 1.54) is 49.2 Å². The number of unbranched alkanes of at least 4 members (excludes halogenated alkanes) is 5. The third-order valence-corrected chi connectivity index (χ3v) is 5.98. The van der Waals surface area contributed by atoms with Crippen molar-refractivity contribution in [1.29, 1.82) is 0 Å². The number of benzene rings is 2. The van der Waals surface area contributed by atoms with E-state index in [0.29, 0.717) is 0 Å². The maximum absolute atomic E-state index is 12.2. The van der Waals surface area contributed by atoms with E-state index >= 15 is 0 Å². The summed E-state index contributed by atoms with van der Waals surface area (Å²) in [5.74, 6) is 1.22. The van der Waals surface area contributed by atoms with Crippen LogP contribution in [0.3, 0.4) is 0 Å². The Balaban J connectivity index is 1.80. The number of carbonyl (C=O) groups excluding carboxylic acids is 1. The lowest BCUT2D eigenvalue weighted by Gasteiger charge is -2.03. The first kappa shape index (κ1) is 21.2. The SMILES string of the molecule is CCCCCCCCSc1cccc(C=CC(=O)c2ccc(I)cc2)c1. The van der Waals surface area contributed by atoms with Crippen LogP contribution in [0.15, 0.2) is 59.5 Å². The van der Waals surface area contributed by atoms with Gasteiger partial charge in [-0.1, -0.05) is 69.4 Å². The van der Waals surface area contributed by atoms with E-state index in [1.807, 2.05) is 48.2 Å². The molecule has 3 heteroatoms. The predicted octanol–water partition coefficient (Wildman–Crippen LogP) is 7.64. The van der Waals surface area contributed by atoms with E-state index in [4.69, 9.17) is 0 Å². The van der Waals surface area contributed by atoms with Gasteiger partial charge >= 0.3 is 0 Å². The first-order valence-corrected chi connectivity index (χ1v) is 11.5. The Labute approximate surface area is 175 Å².